The van der Waals surface area contributed by atoms with Crippen molar-refractivity contribution < 1.29 is 4.74 Å². The third-order valence-electron chi connectivity index (χ3n) is 3.00. The molecule has 1 saturated carbocycles. The molecule has 0 radical (unpaired) electrons. The van der Waals surface area contributed by atoms with Crippen LogP contribution in [0.2, 0.25) is 0 Å². The summed E-state index contributed by atoms with van der Waals surface area (Å²) in [6.45, 7) is 3.21. The highest BCUT2D eigenvalue weighted by Gasteiger charge is 2.20. The fourth-order valence-electron chi connectivity index (χ4n) is 1.78. The summed E-state index contributed by atoms with van der Waals surface area (Å²) in [5.74, 6) is 1.93. The normalized spacial score (nSPS) is 15.1. The first-order valence-corrected chi connectivity index (χ1v) is 5.68. The van der Waals surface area contributed by atoms with Crippen molar-refractivity contribution >= 4 is 5.69 Å². The molecule has 1 aromatic rings. The Morgan fingerprint density at radius 1 is 1.40 bits per heavy atom. The van der Waals surface area contributed by atoms with Crippen LogP contribution in [0.4, 0.5) is 5.69 Å². The Kier molecular flexibility index (Phi) is 3.14. The van der Waals surface area contributed by atoms with Gasteiger partial charge in [-0.3, -0.25) is 0 Å². The molecular weight excluding hydrogens is 186 g/mol. The molecule has 2 rings (SSSR count). The van der Waals surface area contributed by atoms with Crippen LogP contribution >= 0.6 is 0 Å². The van der Waals surface area contributed by atoms with Gasteiger partial charge < -0.3 is 10.1 Å². The number of aryl methyl sites for hydroxylation is 1. The molecule has 1 aliphatic rings. The van der Waals surface area contributed by atoms with Crippen LogP contribution in [0.15, 0.2) is 18.2 Å². The Morgan fingerprint density at radius 2 is 2.20 bits per heavy atom. The molecule has 1 N–H and O–H groups in total. The van der Waals surface area contributed by atoms with E-state index < -0.39 is 0 Å². The molecule has 82 valence electrons. The van der Waals surface area contributed by atoms with Crippen LogP contribution in [0.25, 0.3) is 0 Å². The van der Waals surface area contributed by atoms with E-state index in [9.17, 15) is 0 Å². The topological polar surface area (TPSA) is 21.3 Å². The zero-order chi connectivity index (χ0) is 10.7. The van der Waals surface area contributed by atoms with Crippen LogP contribution in [0.3, 0.4) is 0 Å². The van der Waals surface area contributed by atoms with Crippen molar-refractivity contribution in [3.63, 3.8) is 0 Å². The van der Waals surface area contributed by atoms with Gasteiger partial charge in [-0.25, -0.2) is 0 Å². The molecule has 0 amide bonds. The maximum absolute atomic E-state index is 5.17. The molecule has 0 bridgehead atoms. The van der Waals surface area contributed by atoms with Crippen molar-refractivity contribution in [3.8, 4) is 5.75 Å². The van der Waals surface area contributed by atoms with Gasteiger partial charge in [0.15, 0.2) is 0 Å². The second-order valence-electron chi connectivity index (χ2n) is 4.34. The lowest BCUT2D eigenvalue weighted by Gasteiger charge is -2.10. The fraction of sp³-hybridized carbons (Fsp3) is 0.538. The highest BCUT2D eigenvalue weighted by atomic mass is 16.5. The van der Waals surface area contributed by atoms with Gasteiger partial charge in [0.25, 0.3) is 0 Å². The van der Waals surface area contributed by atoms with Gasteiger partial charge in [-0.2, -0.15) is 0 Å². The third kappa shape index (κ3) is 2.88. The predicted octanol–water partition coefficient (Wildman–Crippen LogP) is 3.22. The summed E-state index contributed by atoms with van der Waals surface area (Å²) in [6, 6.07) is 6.17. The molecule has 0 atom stereocenters. The Balaban J connectivity index is 1.88. The molecule has 0 heterocycles. The monoisotopic (exact) mass is 205 g/mol. The number of methoxy groups -OCH3 is 1. The number of anilines is 1. The average Bonchev–Trinajstić information content (AvgIpc) is 3.04. The van der Waals surface area contributed by atoms with Gasteiger partial charge in [-0.1, -0.05) is 12.8 Å². The van der Waals surface area contributed by atoms with Crippen molar-refractivity contribution in [3.05, 3.63) is 23.8 Å². The number of hydrogen-bond donors (Lipinski definition) is 1. The van der Waals surface area contributed by atoms with Crippen LogP contribution in [-0.2, 0) is 0 Å². The van der Waals surface area contributed by atoms with Crippen molar-refractivity contribution in [2.45, 2.75) is 26.2 Å². The molecule has 15 heavy (non-hydrogen) atoms. The zero-order valence-electron chi connectivity index (χ0n) is 9.55. The fourth-order valence-corrected chi connectivity index (χ4v) is 1.78. The summed E-state index contributed by atoms with van der Waals surface area (Å²) in [6.07, 6.45) is 4.18. The molecule has 0 aliphatic heterocycles. The van der Waals surface area contributed by atoms with Gasteiger partial charge in [0, 0.05) is 12.2 Å². The number of benzene rings is 1. The predicted molar refractivity (Wildman–Crippen MR) is 63.6 cm³/mol. The van der Waals surface area contributed by atoms with Gasteiger partial charge in [0.1, 0.15) is 5.75 Å². The van der Waals surface area contributed by atoms with Gasteiger partial charge in [-0.05, 0) is 43.0 Å². The summed E-state index contributed by atoms with van der Waals surface area (Å²) in [5, 5.41) is 3.48. The maximum atomic E-state index is 5.17. The van der Waals surface area contributed by atoms with E-state index >= 15 is 0 Å². The van der Waals surface area contributed by atoms with Crippen LogP contribution in [0, 0.1) is 12.8 Å². The van der Waals surface area contributed by atoms with Gasteiger partial charge in [-0.15, -0.1) is 0 Å². The van der Waals surface area contributed by atoms with Crippen LogP contribution in [0.1, 0.15) is 24.8 Å². The number of ether oxygens (including phenoxy) is 1. The van der Waals surface area contributed by atoms with E-state index in [1.165, 1.54) is 30.5 Å². The van der Waals surface area contributed by atoms with E-state index in [4.69, 9.17) is 4.74 Å². The maximum Gasteiger partial charge on any atom is 0.119 e. The first-order valence-electron chi connectivity index (χ1n) is 5.68. The minimum atomic E-state index is 0.931. The first-order chi connectivity index (χ1) is 7.29. The lowest BCUT2D eigenvalue weighted by molar-refractivity contribution is 0.414. The Hall–Kier alpha value is -1.18. The van der Waals surface area contributed by atoms with Gasteiger partial charge in [0.2, 0.25) is 0 Å². The lowest BCUT2D eigenvalue weighted by Crippen LogP contribution is -2.03. The zero-order valence-corrected chi connectivity index (χ0v) is 9.55. The van der Waals surface area contributed by atoms with Gasteiger partial charge >= 0.3 is 0 Å². The van der Waals surface area contributed by atoms with Crippen LogP contribution < -0.4 is 10.1 Å². The highest BCUT2D eigenvalue weighted by Crippen LogP contribution is 2.32. The number of hydrogen-bond acceptors (Lipinski definition) is 2. The van der Waals surface area contributed by atoms with E-state index in [2.05, 4.69) is 24.4 Å². The molecule has 1 aromatic carbocycles. The molecule has 0 aromatic heterocycles. The standard InChI is InChI=1S/C13H19NO/c1-10-9-12(15-2)5-6-13(10)14-8-7-11-3-4-11/h5-6,9,11,14H,3-4,7-8H2,1-2H3. The largest absolute Gasteiger partial charge is 0.497 e. The summed E-state index contributed by atoms with van der Waals surface area (Å²) in [4.78, 5) is 0. The van der Waals surface area contributed by atoms with E-state index in [1.807, 2.05) is 6.07 Å². The Morgan fingerprint density at radius 3 is 2.80 bits per heavy atom. The number of rotatable bonds is 5. The average molecular weight is 205 g/mol. The molecule has 1 aliphatic carbocycles. The third-order valence-corrected chi connectivity index (χ3v) is 3.00. The Labute approximate surface area is 91.6 Å². The SMILES string of the molecule is COc1ccc(NCCC2CC2)c(C)c1. The van der Waals surface area contributed by atoms with Crippen molar-refractivity contribution in [2.24, 2.45) is 5.92 Å². The Bertz CT molecular complexity index is 331. The molecule has 2 heteroatoms. The molecular formula is C13H19NO. The molecule has 0 spiro atoms. The first kappa shape index (κ1) is 10.3. The highest BCUT2D eigenvalue weighted by molar-refractivity contribution is 5.53. The second-order valence-corrected chi connectivity index (χ2v) is 4.34. The van der Waals surface area contributed by atoms with E-state index in [1.54, 1.807) is 7.11 Å². The van der Waals surface area contributed by atoms with Crippen molar-refractivity contribution in [2.75, 3.05) is 19.0 Å². The van der Waals surface area contributed by atoms with Crippen LogP contribution in [-0.4, -0.2) is 13.7 Å². The van der Waals surface area contributed by atoms with E-state index in [0.717, 1.165) is 18.2 Å². The lowest BCUT2D eigenvalue weighted by atomic mass is 10.2. The van der Waals surface area contributed by atoms with Crippen LogP contribution in [0.5, 0.6) is 5.75 Å². The summed E-state index contributed by atoms with van der Waals surface area (Å²) < 4.78 is 5.17. The molecule has 1 fully saturated rings. The summed E-state index contributed by atoms with van der Waals surface area (Å²) in [7, 11) is 1.70. The van der Waals surface area contributed by atoms with E-state index in [-0.39, 0.29) is 0 Å². The minimum absolute atomic E-state index is 0.931. The minimum Gasteiger partial charge on any atom is -0.497 e. The van der Waals surface area contributed by atoms with Gasteiger partial charge in [0.05, 0.1) is 7.11 Å². The second kappa shape index (κ2) is 4.56. The summed E-state index contributed by atoms with van der Waals surface area (Å²) >= 11 is 0. The molecule has 0 unspecified atom stereocenters. The van der Waals surface area contributed by atoms with Crippen molar-refractivity contribution in [1.82, 2.24) is 0 Å². The summed E-state index contributed by atoms with van der Waals surface area (Å²) in [5.41, 5.74) is 2.49. The smallest absolute Gasteiger partial charge is 0.119 e. The molecule has 2 nitrogen and oxygen atoms in total. The van der Waals surface area contributed by atoms with Crippen molar-refractivity contribution in [1.29, 1.82) is 0 Å². The van der Waals surface area contributed by atoms with E-state index in [0.29, 0.717) is 0 Å². The molecule has 0 saturated heterocycles. The quantitative estimate of drug-likeness (QED) is 0.797. The number of nitrogens with one attached hydrogen (secondary N) is 1.